The number of aromatic nitrogens is 1. The highest BCUT2D eigenvalue weighted by Gasteiger charge is 2.29. The molecule has 8 heteroatoms. The summed E-state index contributed by atoms with van der Waals surface area (Å²) >= 11 is 0. The fourth-order valence-corrected chi connectivity index (χ4v) is 3.79. The largest absolute Gasteiger partial charge is 0.497 e. The summed E-state index contributed by atoms with van der Waals surface area (Å²) in [5, 5.41) is 3.89. The number of methoxy groups -OCH3 is 1. The van der Waals surface area contributed by atoms with E-state index in [1.165, 1.54) is 42.5 Å². The van der Waals surface area contributed by atoms with Gasteiger partial charge < -0.3 is 9.26 Å². The van der Waals surface area contributed by atoms with Gasteiger partial charge in [-0.25, -0.2) is 4.39 Å². The normalized spacial score (nSPS) is 11.5. The van der Waals surface area contributed by atoms with Gasteiger partial charge in [0, 0.05) is 29.3 Å². The highest BCUT2D eigenvalue weighted by Crippen LogP contribution is 2.33. The molecule has 0 spiro atoms. The lowest BCUT2D eigenvalue weighted by molar-refractivity contribution is -0.129. The third-order valence-corrected chi connectivity index (χ3v) is 5.57. The lowest BCUT2D eigenvalue weighted by atomic mass is 9.95. The molecule has 0 radical (unpaired) electrons. The van der Waals surface area contributed by atoms with Gasteiger partial charge in [-0.15, -0.1) is 0 Å². The molecule has 4 aromatic rings. The lowest BCUT2D eigenvalue weighted by Gasteiger charge is -2.31. The number of halogens is 1. The van der Waals surface area contributed by atoms with E-state index in [1.54, 1.807) is 54.6 Å². The molecule has 0 N–H and O–H groups in total. The first-order chi connectivity index (χ1) is 17.0. The summed E-state index contributed by atoms with van der Waals surface area (Å²) in [6.07, 6.45) is 1.50. The summed E-state index contributed by atoms with van der Waals surface area (Å²) in [5.74, 6) is -0.957. The average molecular weight is 472 g/mol. The maximum atomic E-state index is 13.6. The predicted molar refractivity (Wildman–Crippen MR) is 127 cm³/mol. The van der Waals surface area contributed by atoms with Crippen LogP contribution in [0.15, 0.2) is 89.6 Å². The van der Waals surface area contributed by atoms with Gasteiger partial charge in [-0.3, -0.25) is 19.3 Å². The van der Waals surface area contributed by atoms with Crippen LogP contribution in [0.1, 0.15) is 28.4 Å². The van der Waals surface area contributed by atoms with Crippen molar-refractivity contribution in [1.29, 1.82) is 0 Å². The van der Waals surface area contributed by atoms with Crippen molar-refractivity contribution in [1.82, 2.24) is 5.16 Å². The molecule has 1 heterocycles. The zero-order valence-electron chi connectivity index (χ0n) is 18.8. The van der Waals surface area contributed by atoms with E-state index < -0.39 is 17.8 Å². The predicted octanol–water partition coefficient (Wildman–Crippen LogP) is 5.04. The van der Waals surface area contributed by atoms with Crippen molar-refractivity contribution in [2.24, 2.45) is 0 Å². The Hall–Kier alpha value is -4.59. The second-order valence-corrected chi connectivity index (χ2v) is 7.68. The minimum atomic E-state index is -0.860. The molecule has 35 heavy (non-hydrogen) atoms. The van der Waals surface area contributed by atoms with Crippen LogP contribution < -0.4 is 9.64 Å². The second kappa shape index (κ2) is 10.6. The van der Waals surface area contributed by atoms with Crippen LogP contribution >= 0.6 is 0 Å². The molecule has 0 aliphatic rings. The van der Waals surface area contributed by atoms with Gasteiger partial charge in [0.2, 0.25) is 6.29 Å². The minimum absolute atomic E-state index is 0.136. The van der Waals surface area contributed by atoms with Crippen molar-refractivity contribution < 1.29 is 28.0 Å². The number of carbonyl (C=O) groups is 3. The molecule has 0 saturated heterocycles. The van der Waals surface area contributed by atoms with E-state index in [0.29, 0.717) is 28.3 Å². The van der Waals surface area contributed by atoms with Crippen LogP contribution in [0.2, 0.25) is 0 Å². The van der Waals surface area contributed by atoms with Gasteiger partial charge in [-0.05, 0) is 54.1 Å². The molecule has 7 nitrogen and oxygen atoms in total. The molecule has 176 valence electrons. The summed E-state index contributed by atoms with van der Waals surface area (Å²) in [7, 11) is 1.53. The van der Waals surface area contributed by atoms with E-state index >= 15 is 0 Å². The van der Waals surface area contributed by atoms with Gasteiger partial charge in [0.15, 0.2) is 5.78 Å². The Balaban J connectivity index is 1.73. The number of nitrogens with zero attached hydrogens (tertiary/aromatic N) is 2. The number of hydrogen-bond acceptors (Lipinski definition) is 6. The summed E-state index contributed by atoms with van der Waals surface area (Å²) in [6, 6.07) is 19.7. The number of amides is 1. The number of anilines is 1. The van der Waals surface area contributed by atoms with Crippen LogP contribution in [-0.2, 0) is 9.59 Å². The van der Waals surface area contributed by atoms with Crippen LogP contribution in [0.3, 0.4) is 0 Å². The SMILES string of the molecule is COc1ccc(C(=O)CC(c2ccc(F)cc2)N(C(=O)C=O)c2ccc(-c3ccon3)cc2)cc1. The molecule has 0 saturated carbocycles. The maximum absolute atomic E-state index is 13.6. The molecule has 1 unspecified atom stereocenters. The zero-order chi connectivity index (χ0) is 24.8. The summed E-state index contributed by atoms with van der Waals surface area (Å²) in [5.41, 5.74) is 2.66. The molecule has 0 aliphatic carbocycles. The van der Waals surface area contributed by atoms with Gasteiger partial charge in [0.05, 0.1) is 13.2 Å². The van der Waals surface area contributed by atoms with Crippen LogP contribution in [0.5, 0.6) is 5.75 Å². The first-order valence-electron chi connectivity index (χ1n) is 10.7. The van der Waals surface area contributed by atoms with Crippen molar-refractivity contribution in [2.45, 2.75) is 12.5 Å². The number of Topliss-reactive ketones (excluding diaryl/α,β-unsaturated/α-hetero) is 1. The van der Waals surface area contributed by atoms with Gasteiger partial charge >= 0.3 is 0 Å². The average Bonchev–Trinajstić information content (AvgIpc) is 3.44. The van der Waals surface area contributed by atoms with E-state index in [0.717, 1.165) is 5.56 Å². The van der Waals surface area contributed by atoms with Crippen molar-refractivity contribution in [2.75, 3.05) is 12.0 Å². The molecule has 1 atom stereocenters. The fraction of sp³-hybridized carbons (Fsp3) is 0.111. The first-order valence-corrected chi connectivity index (χ1v) is 10.7. The Morgan fingerprint density at radius 3 is 2.26 bits per heavy atom. The Morgan fingerprint density at radius 1 is 1.00 bits per heavy atom. The molecule has 0 bridgehead atoms. The van der Waals surface area contributed by atoms with E-state index in [9.17, 15) is 18.8 Å². The van der Waals surface area contributed by atoms with Crippen molar-refractivity contribution in [3.63, 3.8) is 0 Å². The Morgan fingerprint density at radius 2 is 1.69 bits per heavy atom. The number of hydrogen-bond donors (Lipinski definition) is 0. The Labute approximate surface area is 200 Å². The molecule has 1 aromatic heterocycles. The molecular weight excluding hydrogens is 451 g/mol. The van der Waals surface area contributed by atoms with Crippen LogP contribution in [-0.4, -0.2) is 30.2 Å². The van der Waals surface area contributed by atoms with E-state index in [1.807, 2.05) is 0 Å². The molecular formula is C27H21FN2O5. The third-order valence-electron chi connectivity index (χ3n) is 5.57. The number of carbonyl (C=O) groups excluding carboxylic acids is 3. The van der Waals surface area contributed by atoms with Crippen LogP contribution in [0, 0.1) is 5.82 Å². The first kappa shape index (κ1) is 23.6. The topological polar surface area (TPSA) is 89.7 Å². The summed E-state index contributed by atoms with van der Waals surface area (Å²) in [4.78, 5) is 38.9. The van der Waals surface area contributed by atoms with Crippen molar-refractivity contribution in [3.05, 3.63) is 102 Å². The van der Waals surface area contributed by atoms with Gasteiger partial charge in [-0.2, -0.15) is 0 Å². The molecule has 3 aromatic carbocycles. The minimum Gasteiger partial charge on any atom is -0.497 e. The van der Waals surface area contributed by atoms with Gasteiger partial charge in [-0.1, -0.05) is 29.4 Å². The lowest BCUT2D eigenvalue weighted by Crippen LogP contribution is -2.37. The number of aldehydes is 1. The second-order valence-electron chi connectivity index (χ2n) is 7.68. The van der Waals surface area contributed by atoms with E-state index in [2.05, 4.69) is 5.16 Å². The quantitative estimate of drug-likeness (QED) is 0.193. The molecule has 4 rings (SSSR count). The molecule has 1 amide bonds. The van der Waals surface area contributed by atoms with Gasteiger partial charge in [0.1, 0.15) is 23.5 Å². The Bertz CT molecular complexity index is 1300. The number of rotatable bonds is 9. The van der Waals surface area contributed by atoms with Crippen LogP contribution in [0.25, 0.3) is 11.3 Å². The van der Waals surface area contributed by atoms with E-state index in [-0.39, 0.29) is 18.5 Å². The smallest absolute Gasteiger partial charge is 0.291 e. The maximum Gasteiger partial charge on any atom is 0.291 e. The zero-order valence-corrected chi connectivity index (χ0v) is 18.8. The summed E-state index contributed by atoms with van der Waals surface area (Å²) in [6.45, 7) is 0. The highest BCUT2D eigenvalue weighted by molar-refractivity contribution is 6.30. The highest BCUT2D eigenvalue weighted by atomic mass is 19.1. The Kier molecular flexibility index (Phi) is 7.11. The number of ketones is 1. The number of benzene rings is 3. The van der Waals surface area contributed by atoms with Crippen molar-refractivity contribution >= 4 is 23.7 Å². The van der Waals surface area contributed by atoms with Crippen LogP contribution in [0.4, 0.5) is 10.1 Å². The fourth-order valence-electron chi connectivity index (χ4n) is 3.79. The monoisotopic (exact) mass is 472 g/mol. The van der Waals surface area contributed by atoms with E-state index in [4.69, 9.17) is 9.26 Å². The number of ether oxygens (including phenoxy) is 1. The molecule has 0 fully saturated rings. The van der Waals surface area contributed by atoms with Crippen molar-refractivity contribution in [3.8, 4) is 17.0 Å². The third kappa shape index (κ3) is 5.33. The molecule has 0 aliphatic heterocycles. The van der Waals surface area contributed by atoms with Gasteiger partial charge in [0.25, 0.3) is 5.91 Å². The summed E-state index contributed by atoms with van der Waals surface area (Å²) < 4.78 is 23.7. The standard InChI is InChI=1S/C27H21FN2O5/c1-34-23-12-6-20(7-13-23)26(32)16-25(19-2-8-21(28)9-3-19)30(27(33)17-31)22-10-4-18(5-11-22)24-14-15-35-29-24/h2-15,17,25H,16H2,1H3.